The van der Waals surface area contributed by atoms with Gasteiger partial charge in [-0.05, 0) is 39.5 Å². The Kier molecular flexibility index (Phi) is 36.1. The van der Waals surface area contributed by atoms with Crippen molar-refractivity contribution >= 4 is 5.97 Å². The third kappa shape index (κ3) is 38.0. The van der Waals surface area contributed by atoms with Crippen LogP contribution in [0.15, 0.2) is 0 Å². The van der Waals surface area contributed by atoms with Crippen molar-refractivity contribution in [2.45, 2.75) is 238 Å². The molecule has 1 N–H and O–H groups in total. The summed E-state index contributed by atoms with van der Waals surface area (Å²) in [5.41, 5.74) is -0.392. The Balaban J connectivity index is 3.97. The fourth-order valence-electron chi connectivity index (χ4n) is 6.52. The topological polar surface area (TPSA) is 65.0 Å². The fourth-order valence-corrected chi connectivity index (χ4v) is 6.52. The average molecular weight is 669 g/mol. The first-order valence-corrected chi connectivity index (χ1v) is 21.0. The van der Waals surface area contributed by atoms with E-state index in [1.54, 1.807) is 0 Å². The first-order chi connectivity index (χ1) is 22.9. The number of unbranched alkanes of at least 4 members (excludes halogenated alkanes) is 26. The summed E-state index contributed by atoms with van der Waals surface area (Å²) in [5.74, 6) is -0.745. The van der Waals surface area contributed by atoms with Crippen molar-refractivity contribution in [1.82, 2.24) is 0 Å². The zero-order valence-corrected chi connectivity index (χ0v) is 32.4. The molecule has 5 heteroatoms. The van der Waals surface area contributed by atoms with Gasteiger partial charge in [-0.3, -0.25) is 4.79 Å². The summed E-state index contributed by atoms with van der Waals surface area (Å²) in [6, 6.07) is 0. The van der Waals surface area contributed by atoms with Crippen LogP contribution in [0.1, 0.15) is 227 Å². The summed E-state index contributed by atoms with van der Waals surface area (Å²) in [7, 11) is 0. The van der Waals surface area contributed by atoms with E-state index in [-0.39, 0.29) is 12.5 Å². The molecule has 47 heavy (non-hydrogen) atoms. The van der Waals surface area contributed by atoms with Gasteiger partial charge in [-0.1, -0.05) is 181 Å². The molecule has 0 aliphatic heterocycles. The molecule has 0 bridgehead atoms. The van der Waals surface area contributed by atoms with Crippen molar-refractivity contribution in [1.29, 1.82) is 0 Å². The van der Waals surface area contributed by atoms with Gasteiger partial charge in [0, 0.05) is 19.6 Å². The van der Waals surface area contributed by atoms with E-state index in [0.717, 1.165) is 26.1 Å². The molecule has 0 fully saturated rings. The van der Waals surface area contributed by atoms with Crippen LogP contribution >= 0.6 is 0 Å². The quantitative estimate of drug-likeness (QED) is 0.0658. The van der Waals surface area contributed by atoms with E-state index in [1.807, 2.05) is 0 Å². The molecular weight excluding hydrogens is 584 g/mol. The number of carboxylic acid groups (broad SMARTS) is 1. The van der Waals surface area contributed by atoms with Crippen molar-refractivity contribution in [3.63, 3.8) is 0 Å². The Labute approximate surface area is 294 Å². The number of rotatable bonds is 40. The van der Waals surface area contributed by atoms with Crippen LogP contribution in [0.4, 0.5) is 0 Å². The van der Waals surface area contributed by atoms with Crippen molar-refractivity contribution in [2.75, 3.05) is 26.4 Å². The monoisotopic (exact) mass is 669 g/mol. The number of aliphatic carboxylic acids is 1. The van der Waals surface area contributed by atoms with Gasteiger partial charge in [0.2, 0.25) is 0 Å². The predicted octanol–water partition coefficient (Wildman–Crippen LogP) is 13.4. The normalized spacial score (nSPS) is 12.0. The van der Waals surface area contributed by atoms with E-state index in [2.05, 4.69) is 27.7 Å². The van der Waals surface area contributed by atoms with Crippen LogP contribution in [0.2, 0.25) is 0 Å². The highest BCUT2D eigenvalue weighted by atomic mass is 16.6. The Morgan fingerprint density at radius 2 is 0.787 bits per heavy atom. The minimum Gasteiger partial charge on any atom is -0.481 e. The van der Waals surface area contributed by atoms with Crippen molar-refractivity contribution in [3.8, 4) is 0 Å². The second-order valence-corrected chi connectivity index (χ2v) is 15.1. The summed E-state index contributed by atoms with van der Waals surface area (Å²) in [6.07, 6.45) is 39.5. The number of hydrogen-bond acceptors (Lipinski definition) is 4. The molecule has 0 aliphatic rings. The highest BCUT2D eigenvalue weighted by molar-refractivity contribution is 5.66. The Morgan fingerprint density at radius 3 is 1.09 bits per heavy atom. The Hall–Kier alpha value is -0.650. The van der Waals surface area contributed by atoms with Crippen LogP contribution < -0.4 is 0 Å². The van der Waals surface area contributed by atoms with Crippen LogP contribution in [0, 0.1) is 0 Å². The molecule has 0 unspecified atom stereocenters. The lowest BCUT2D eigenvalue weighted by Gasteiger charge is -2.31. The van der Waals surface area contributed by atoms with E-state index in [9.17, 15) is 4.79 Å². The van der Waals surface area contributed by atoms with Crippen LogP contribution in [0.25, 0.3) is 0 Å². The number of carbonyl (C=O) groups is 1. The molecule has 0 amide bonds. The fraction of sp³-hybridized carbons (Fsp3) is 0.976. The maximum Gasteiger partial charge on any atom is 0.303 e. The summed E-state index contributed by atoms with van der Waals surface area (Å²) in [5, 5.41) is 9.03. The largest absolute Gasteiger partial charge is 0.481 e. The molecule has 0 atom stereocenters. The van der Waals surface area contributed by atoms with Crippen molar-refractivity contribution < 1.29 is 24.1 Å². The van der Waals surface area contributed by atoms with E-state index >= 15 is 0 Å². The van der Waals surface area contributed by atoms with Gasteiger partial charge < -0.3 is 19.3 Å². The first-order valence-electron chi connectivity index (χ1n) is 21.0. The SMILES string of the molecule is CCCCCCCCCCCCCCCCOCC(COCCCCCCCCCCCCCCCC)OC(C)(C)CCCC(=O)O. The molecule has 0 spiro atoms. The molecular formula is C42H84O5. The third-order valence-corrected chi connectivity index (χ3v) is 9.55. The molecule has 0 rings (SSSR count). The second-order valence-electron chi connectivity index (χ2n) is 15.1. The van der Waals surface area contributed by atoms with E-state index < -0.39 is 11.6 Å². The standard InChI is InChI=1S/C42H84O5/c1-5-7-9-11-13-15-17-19-21-23-25-27-29-31-36-45-38-40(47-42(3,4)35-33-34-41(43)44)39-46-37-32-30-28-26-24-22-20-18-16-14-12-10-8-6-2/h40H,5-39H2,1-4H3,(H,43,44). The van der Waals surface area contributed by atoms with E-state index in [4.69, 9.17) is 19.3 Å². The van der Waals surface area contributed by atoms with Crippen molar-refractivity contribution in [2.24, 2.45) is 0 Å². The van der Waals surface area contributed by atoms with Crippen LogP contribution in [0.5, 0.6) is 0 Å². The highest BCUT2D eigenvalue weighted by Gasteiger charge is 2.24. The van der Waals surface area contributed by atoms with Gasteiger partial charge >= 0.3 is 5.97 Å². The maximum atomic E-state index is 11.0. The first kappa shape index (κ1) is 46.4. The molecule has 0 heterocycles. The Morgan fingerprint density at radius 1 is 0.489 bits per heavy atom. The van der Waals surface area contributed by atoms with E-state index in [0.29, 0.717) is 26.1 Å². The zero-order chi connectivity index (χ0) is 34.5. The molecule has 0 aromatic carbocycles. The van der Waals surface area contributed by atoms with Gasteiger partial charge in [0.05, 0.1) is 18.8 Å². The maximum absolute atomic E-state index is 11.0. The molecule has 5 nitrogen and oxygen atoms in total. The molecule has 0 aromatic rings. The minimum atomic E-state index is -0.745. The van der Waals surface area contributed by atoms with Gasteiger partial charge in [-0.2, -0.15) is 0 Å². The molecule has 0 aromatic heterocycles. The summed E-state index contributed by atoms with van der Waals surface area (Å²) >= 11 is 0. The number of carboxylic acids is 1. The molecule has 0 radical (unpaired) electrons. The van der Waals surface area contributed by atoms with Gasteiger partial charge in [-0.25, -0.2) is 0 Å². The lowest BCUT2D eigenvalue weighted by atomic mass is 10.0. The average Bonchev–Trinajstić information content (AvgIpc) is 3.03. The highest BCUT2D eigenvalue weighted by Crippen LogP contribution is 2.21. The van der Waals surface area contributed by atoms with Crippen LogP contribution in [0.3, 0.4) is 0 Å². The summed E-state index contributed by atoms with van der Waals surface area (Å²) < 4.78 is 18.6. The van der Waals surface area contributed by atoms with Gasteiger partial charge in [0.15, 0.2) is 0 Å². The predicted molar refractivity (Wildman–Crippen MR) is 203 cm³/mol. The van der Waals surface area contributed by atoms with Crippen LogP contribution in [-0.4, -0.2) is 49.2 Å². The Bertz CT molecular complexity index is 586. The zero-order valence-electron chi connectivity index (χ0n) is 32.4. The number of ether oxygens (including phenoxy) is 3. The lowest BCUT2D eigenvalue weighted by Crippen LogP contribution is -2.36. The minimum absolute atomic E-state index is 0.117. The smallest absolute Gasteiger partial charge is 0.303 e. The molecule has 0 saturated heterocycles. The number of hydrogen-bond donors (Lipinski definition) is 1. The van der Waals surface area contributed by atoms with Gasteiger partial charge in [-0.15, -0.1) is 0 Å². The van der Waals surface area contributed by atoms with E-state index in [1.165, 1.54) is 167 Å². The molecule has 0 saturated carbocycles. The summed E-state index contributed by atoms with van der Waals surface area (Å²) in [6.45, 7) is 11.3. The van der Waals surface area contributed by atoms with Crippen LogP contribution in [-0.2, 0) is 19.0 Å². The lowest BCUT2D eigenvalue weighted by molar-refractivity contribution is -0.139. The van der Waals surface area contributed by atoms with Gasteiger partial charge in [0.1, 0.15) is 6.10 Å². The molecule has 0 aliphatic carbocycles. The summed E-state index contributed by atoms with van der Waals surface area (Å²) in [4.78, 5) is 11.0. The van der Waals surface area contributed by atoms with Gasteiger partial charge in [0.25, 0.3) is 0 Å². The third-order valence-electron chi connectivity index (χ3n) is 9.55. The second kappa shape index (κ2) is 36.6. The molecule has 282 valence electrons. The van der Waals surface area contributed by atoms with Crippen molar-refractivity contribution in [3.05, 3.63) is 0 Å².